The van der Waals surface area contributed by atoms with Crippen LogP contribution in [0.25, 0.3) is 0 Å². The van der Waals surface area contributed by atoms with Gasteiger partial charge in [0.15, 0.2) is 0 Å². The van der Waals surface area contributed by atoms with Gasteiger partial charge in [-0.25, -0.2) is 0 Å². The van der Waals surface area contributed by atoms with Gasteiger partial charge < -0.3 is 4.74 Å². The number of hydrogen-bond donors (Lipinski definition) is 0. The summed E-state index contributed by atoms with van der Waals surface area (Å²) in [6.45, 7) is 8.23. The van der Waals surface area contributed by atoms with Crippen LogP contribution in [-0.2, 0) is 31.0 Å². The Labute approximate surface area is 159 Å². The number of fused-ring (bicyclic) bond motifs is 1. The predicted molar refractivity (Wildman–Crippen MR) is 102 cm³/mol. The van der Waals surface area contributed by atoms with Crippen molar-refractivity contribution in [2.45, 2.75) is 52.2 Å². The number of aromatic nitrogens is 5. The van der Waals surface area contributed by atoms with Gasteiger partial charge in [-0.1, -0.05) is 0 Å². The van der Waals surface area contributed by atoms with Crippen molar-refractivity contribution in [1.82, 2.24) is 29.4 Å². The molecule has 3 aromatic rings. The molecule has 0 saturated carbocycles. The van der Waals surface area contributed by atoms with Gasteiger partial charge in [-0.15, -0.1) is 0 Å². The topological polar surface area (TPSA) is 61.0 Å². The summed E-state index contributed by atoms with van der Waals surface area (Å²) < 4.78 is 10.3. The molecule has 4 heterocycles. The van der Waals surface area contributed by atoms with Crippen molar-refractivity contribution in [2.24, 2.45) is 0 Å². The maximum atomic E-state index is 6.24. The van der Waals surface area contributed by atoms with Gasteiger partial charge in [-0.05, 0) is 37.6 Å². The molecule has 0 radical (unpaired) electrons. The lowest BCUT2D eigenvalue weighted by Crippen LogP contribution is -2.32. The first-order valence-electron chi connectivity index (χ1n) is 9.44. The minimum atomic E-state index is 0.0828. The molecule has 0 fully saturated rings. The summed E-state index contributed by atoms with van der Waals surface area (Å²) in [5, 5.41) is 8.94. The van der Waals surface area contributed by atoms with Crippen LogP contribution in [0.1, 0.15) is 36.7 Å². The fourth-order valence-electron chi connectivity index (χ4n) is 3.41. The zero-order chi connectivity index (χ0) is 18.6. The van der Waals surface area contributed by atoms with Gasteiger partial charge in [0.1, 0.15) is 0 Å². The SMILES string of the molecule is CC(C)n1cc(CN2Cc3ccnn3C[C@H](OCc3ccncc3)C2)cn1. The minimum absolute atomic E-state index is 0.0828. The molecule has 0 aliphatic carbocycles. The molecule has 1 aliphatic heterocycles. The molecular formula is C20H26N6O. The molecule has 142 valence electrons. The molecule has 7 nitrogen and oxygen atoms in total. The molecule has 1 aliphatic rings. The van der Waals surface area contributed by atoms with E-state index in [-0.39, 0.29) is 6.10 Å². The maximum Gasteiger partial charge on any atom is 0.0902 e. The average molecular weight is 366 g/mol. The Kier molecular flexibility index (Phi) is 5.31. The highest BCUT2D eigenvalue weighted by atomic mass is 16.5. The van der Waals surface area contributed by atoms with E-state index >= 15 is 0 Å². The average Bonchev–Trinajstić information content (AvgIpc) is 3.27. The highest BCUT2D eigenvalue weighted by Crippen LogP contribution is 2.18. The smallest absolute Gasteiger partial charge is 0.0902 e. The number of ether oxygens (including phenoxy) is 1. The van der Waals surface area contributed by atoms with E-state index in [1.165, 1.54) is 11.3 Å². The van der Waals surface area contributed by atoms with E-state index < -0.39 is 0 Å². The Hall–Kier alpha value is -2.51. The van der Waals surface area contributed by atoms with Gasteiger partial charge in [0.05, 0.1) is 31.1 Å². The van der Waals surface area contributed by atoms with Crippen LogP contribution < -0.4 is 0 Å². The van der Waals surface area contributed by atoms with Crippen molar-refractivity contribution >= 4 is 0 Å². The van der Waals surface area contributed by atoms with Crippen LogP contribution >= 0.6 is 0 Å². The van der Waals surface area contributed by atoms with E-state index in [0.29, 0.717) is 12.6 Å². The van der Waals surface area contributed by atoms with Crippen LogP contribution in [0.2, 0.25) is 0 Å². The third-order valence-electron chi connectivity index (χ3n) is 4.85. The lowest BCUT2D eigenvalue weighted by Gasteiger charge is -2.23. The molecule has 0 saturated heterocycles. The van der Waals surface area contributed by atoms with E-state index in [1.807, 2.05) is 29.2 Å². The summed E-state index contributed by atoms with van der Waals surface area (Å²) in [6, 6.07) is 6.46. The highest BCUT2D eigenvalue weighted by molar-refractivity contribution is 5.09. The normalized spacial score (nSPS) is 17.8. The minimum Gasteiger partial charge on any atom is -0.370 e. The second kappa shape index (κ2) is 8.02. The Morgan fingerprint density at radius 1 is 1.07 bits per heavy atom. The van der Waals surface area contributed by atoms with Crippen molar-refractivity contribution in [3.63, 3.8) is 0 Å². The third kappa shape index (κ3) is 4.43. The van der Waals surface area contributed by atoms with E-state index in [4.69, 9.17) is 4.74 Å². The number of rotatable bonds is 6. The quantitative estimate of drug-likeness (QED) is 0.671. The first kappa shape index (κ1) is 17.9. The van der Waals surface area contributed by atoms with Gasteiger partial charge in [0.25, 0.3) is 0 Å². The zero-order valence-electron chi connectivity index (χ0n) is 15.9. The van der Waals surface area contributed by atoms with Crippen molar-refractivity contribution in [1.29, 1.82) is 0 Å². The molecule has 0 amide bonds. The molecular weight excluding hydrogens is 340 g/mol. The summed E-state index contributed by atoms with van der Waals surface area (Å²) in [5.41, 5.74) is 3.59. The Morgan fingerprint density at radius 2 is 1.93 bits per heavy atom. The highest BCUT2D eigenvalue weighted by Gasteiger charge is 2.23. The standard InChI is InChI=1S/C20H26N6O/c1-16(2)25-11-18(9-23-25)10-24-12-19-5-8-22-26(19)14-20(13-24)27-15-17-3-6-21-7-4-17/h3-9,11,16,20H,10,12-15H2,1-2H3/t20-/m1/s1. The van der Waals surface area contributed by atoms with Gasteiger partial charge >= 0.3 is 0 Å². The van der Waals surface area contributed by atoms with E-state index in [2.05, 4.69) is 50.9 Å². The monoisotopic (exact) mass is 366 g/mol. The molecule has 0 unspecified atom stereocenters. The fraction of sp³-hybridized carbons (Fsp3) is 0.450. The van der Waals surface area contributed by atoms with Crippen LogP contribution in [0.3, 0.4) is 0 Å². The van der Waals surface area contributed by atoms with Crippen LogP contribution in [-0.4, -0.2) is 42.1 Å². The van der Waals surface area contributed by atoms with E-state index in [0.717, 1.165) is 31.7 Å². The molecule has 7 heteroatoms. The second-order valence-corrected chi connectivity index (χ2v) is 7.39. The third-order valence-corrected chi connectivity index (χ3v) is 4.85. The zero-order valence-corrected chi connectivity index (χ0v) is 15.9. The molecule has 1 atom stereocenters. The number of pyridine rings is 1. The lowest BCUT2D eigenvalue weighted by atomic mass is 10.2. The van der Waals surface area contributed by atoms with Gasteiger partial charge in [-0.3, -0.25) is 19.2 Å². The van der Waals surface area contributed by atoms with Gasteiger partial charge in [0.2, 0.25) is 0 Å². The summed E-state index contributed by atoms with van der Waals surface area (Å²) in [7, 11) is 0. The van der Waals surface area contributed by atoms with Crippen LogP contribution in [0.15, 0.2) is 49.2 Å². The Bertz CT molecular complexity index is 856. The van der Waals surface area contributed by atoms with Gasteiger partial charge in [0, 0.05) is 56.0 Å². The maximum absolute atomic E-state index is 6.24. The second-order valence-electron chi connectivity index (χ2n) is 7.39. The number of nitrogens with zero attached hydrogens (tertiary/aromatic N) is 6. The largest absolute Gasteiger partial charge is 0.370 e. The van der Waals surface area contributed by atoms with Crippen LogP contribution in [0.4, 0.5) is 0 Å². The van der Waals surface area contributed by atoms with Crippen LogP contribution in [0.5, 0.6) is 0 Å². The summed E-state index contributed by atoms with van der Waals surface area (Å²) in [6.07, 6.45) is 9.66. The number of hydrogen-bond acceptors (Lipinski definition) is 5. The van der Waals surface area contributed by atoms with E-state index in [1.54, 1.807) is 12.4 Å². The van der Waals surface area contributed by atoms with E-state index in [9.17, 15) is 0 Å². The molecule has 0 spiro atoms. The molecule has 27 heavy (non-hydrogen) atoms. The first-order chi connectivity index (χ1) is 13.2. The first-order valence-corrected chi connectivity index (χ1v) is 9.44. The molecule has 0 bridgehead atoms. The summed E-state index contributed by atoms with van der Waals surface area (Å²) >= 11 is 0. The summed E-state index contributed by atoms with van der Waals surface area (Å²) in [4.78, 5) is 6.48. The van der Waals surface area contributed by atoms with Crippen molar-refractivity contribution in [3.8, 4) is 0 Å². The van der Waals surface area contributed by atoms with Crippen molar-refractivity contribution < 1.29 is 4.74 Å². The Morgan fingerprint density at radius 3 is 2.70 bits per heavy atom. The molecule has 3 aromatic heterocycles. The van der Waals surface area contributed by atoms with Crippen LogP contribution in [0, 0.1) is 0 Å². The lowest BCUT2D eigenvalue weighted by molar-refractivity contribution is 0.00716. The Balaban J connectivity index is 1.46. The summed E-state index contributed by atoms with van der Waals surface area (Å²) in [5.74, 6) is 0. The molecule has 0 N–H and O–H groups in total. The predicted octanol–water partition coefficient (Wildman–Crippen LogP) is 2.66. The fourth-order valence-corrected chi connectivity index (χ4v) is 3.41. The molecule has 4 rings (SSSR count). The van der Waals surface area contributed by atoms with Gasteiger partial charge in [-0.2, -0.15) is 10.2 Å². The molecule has 0 aromatic carbocycles. The van der Waals surface area contributed by atoms with Crippen molar-refractivity contribution in [2.75, 3.05) is 6.54 Å². The van der Waals surface area contributed by atoms with Crippen molar-refractivity contribution in [3.05, 3.63) is 66.0 Å².